The number of amides is 2. The lowest BCUT2D eigenvalue weighted by molar-refractivity contribution is -0.158. The summed E-state index contributed by atoms with van der Waals surface area (Å²) >= 11 is 0. The maximum absolute atomic E-state index is 13.7. The molecule has 3 N–H and O–H groups in total. The lowest BCUT2D eigenvalue weighted by Crippen LogP contribution is -2.60. The summed E-state index contributed by atoms with van der Waals surface area (Å²) in [7, 11) is 0. The molecule has 0 unspecified atom stereocenters. The summed E-state index contributed by atoms with van der Waals surface area (Å²) in [6.45, 7) is 3.71. The zero-order chi connectivity index (χ0) is 23.3. The second kappa shape index (κ2) is 7.62. The highest BCUT2D eigenvalue weighted by molar-refractivity contribution is 5.89. The molecule has 3 aromatic rings. The van der Waals surface area contributed by atoms with Gasteiger partial charge in [-0.3, -0.25) is 0 Å². The number of nitrogens with one attached hydrogen (secondary N) is 2. The second-order valence-corrected chi connectivity index (χ2v) is 7.93. The summed E-state index contributed by atoms with van der Waals surface area (Å²) in [5.41, 5.74) is -0.611. The Morgan fingerprint density at radius 2 is 1.94 bits per heavy atom. The number of hydrogen-bond donors (Lipinski definition) is 3. The molecule has 4 rings (SSSR count). The first-order valence-corrected chi connectivity index (χ1v) is 9.55. The lowest BCUT2D eigenvalue weighted by Gasteiger charge is -2.44. The number of furan rings is 1. The fourth-order valence-corrected chi connectivity index (χ4v) is 3.55. The predicted octanol–water partition coefficient (Wildman–Crippen LogP) is 3.67. The van der Waals surface area contributed by atoms with Crippen molar-refractivity contribution in [2.45, 2.75) is 31.7 Å². The van der Waals surface area contributed by atoms with E-state index >= 15 is 0 Å². The van der Waals surface area contributed by atoms with Crippen molar-refractivity contribution in [1.29, 1.82) is 0 Å². The number of aryl methyl sites for hydroxylation is 1. The Hall–Kier alpha value is -3.41. The van der Waals surface area contributed by atoms with Crippen LogP contribution < -0.4 is 15.5 Å². The molecule has 32 heavy (non-hydrogen) atoms. The van der Waals surface area contributed by atoms with Crippen LogP contribution in [0, 0.1) is 12.7 Å². The quantitative estimate of drug-likeness (QED) is 0.521. The number of benzene rings is 1. The number of rotatable bonds is 4. The molecular formula is C20H19F4N5O3. The van der Waals surface area contributed by atoms with Crippen LogP contribution >= 0.6 is 0 Å². The van der Waals surface area contributed by atoms with Crippen LogP contribution in [0.15, 0.2) is 35.0 Å². The molecule has 1 aliphatic heterocycles. The molecule has 1 fully saturated rings. The number of hydrogen-bond acceptors (Lipinski definition) is 6. The minimum atomic E-state index is -4.87. The Morgan fingerprint density at radius 3 is 2.53 bits per heavy atom. The minimum absolute atomic E-state index is 0.0697. The number of anilines is 2. The number of fused-ring (bicyclic) bond motifs is 1. The zero-order valence-corrected chi connectivity index (χ0v) is 17.0. The number of β-amino-alcohol motifs (C(OH)–C–C–N with tert-alkyl or cyclic N) is 1. The van der Waals surface area contributed by atoms with Crippen LogP contribution in [0.25, 0.3) is 11.0 Å². The van der Waals surface area contributed by atoms with Gasteiger partial charge in [-0.25, -0.2) is 19.2 Å². The van der Waals surface area contributed by atoms with Gasteiger partial charge in [-0.05, 0) is 32.0 Å². The summed E-state index contributed by atoms with van der Waals surface area (Å²) < 4.78 is 59.9. The van der Waals surface area contributed by atoms with Crippen LogP contribution in [0.2, 0.25) is 0 Å². The van der Waals surface area contributed by atoms with E-state index in [0.29, 0.717) is 19.0 Å². The highest BCUT2D eigenvalue weighted by atomic mass is 19.4. The van der Waals surface area contributed by atoms with E-state index < -0.39 is 35.4 Å². The molecule has 0 aliphatic carbocycles. The van der Waals surface area contributed by atoms with Gasteiger partial charge in [0.15, 0.2) is 6.04 Å². The largest absolute Gasteiger partial charge is 0.458 e. The van der Waals surface area contributed by atoms with Gasteiger partial charge in [-0.2, -0.15) is 13.2 Å². The third kappa shape index (κ3) is 4.31. The fraction of sp³-hybridized carbons (Fsp3) is 0.350. The van der Waals surface area contributed by atoms with Crippen LogP contribution in [0.1, 0.15) is 24.3 Å². The molecule has 3 heterocycles. The maximum atomic E-state index is 13.7. The van der Waals surface area contributed by atoms with Crippen molar-refractivity contribution in [3.63, 3.8) is 0 Å². The van der Waals surface area contributed by atoms with E-state index in [1.54, 1.807) is 11.8 Å². The number of carbonyl (C=O) groups excluding carboxylic acids is 1. The molecule has 1 aromatic carbocycles. The van der Waals surface area contributed by atoms with E-state index in [4.69, 9.17) is 4.42 Å². The van der Waals surface area contributed by atoms with Crippen LogP contribution in [0.3, 0.4) is 0 Å². The van der Waals surface area contributed by atoms with Crippen molar-refractivity contribution in [2.75, 3.05) is 23.3 Å². The van der Waals surface area contributed by atoms with Gasteiger partial charge in [0.05, 0.1) is 36.8 Å². The highest BCUT2D eigenvalue weighted by Crippen LogP contribution is 2.38. The maximum Gasteiger partial charge on any atom is 0.416 e. The van der Waals surface area contributed by atoms with Crippen molar-refractivity contribution in [3.05, 3.63) is 47.7 Å². The molecule has 2 amide bonds. The van der Waals surface area contributed by atoms with Crippen LogP contribution in [0.5, 0.6) is 0 Å². The number of aromatic nitrogens is 2. The van der Waals surface area contributed by atoms with E-state index in [-0.39, 0.29) is 22.2 Å². The van der Waals surface area contributed by atoms with Gasteiger partial charge in [0, 0.05) is 10.9 Å². The topological polar surface area (TPSA) is 104 Å². The number of urea groups is 1. The average Bonchev–Trinajstić information content (AvgIpc) is 3.00. The Bertz CT molecular complexity index is 1150. The first-order chi connectivity index (χ1) is 14.9. The van der Waals surface area contributed by atoms with Crippen LogP contribution in [0.4, 0.5) is 34.0 Å². The number of halogens is 4. The Kier molecular flexibility index (Phi) is 5.19. The number of nitrogens with zero attached hydrogens (tertiary/aromatic N) is 3. The second-order valence-electron chi connectivity index (χ2n) is 7.93. The summed E-state index contributed by atoms with van der Waals surface area (Å²) in [5, 5.41) is 14.0. The third-order valence-corrected chi connectivity index (χ3v) is 5.04. The van der Waals surface area contributed by atoms with Gasteiger partial charge in [-0.1, -0.05) is 0 Å². The molecular weight excluding hydrogens is 434 g/mol. The number of alkyl halides is 3. The van der Waals surface area contributed by atoms with Gasteiger partial charge in [-0.15, -0.1) is 0 Å². The van der Waals surface area contributed by atoms with Crippen molar-refractivity contribution in [3.8, 4) is 0 Å². The molecule has 2 aromatic heterocycles. The van der Waals surface area contributed by atoms with E-state index in [1.807, 2.05) is 5.32 Å². The fourth-order valence-electron chi connectivity index (χ4n) is 3.55. The van der Waals surface area contributed by atoms with Crippen molar-refractivity contribution >= 4 is 28.6 Å². The smallest absolute Gasteiger partial charge is 0.416 e. The SMILES string of the molecule is Cc1c([C@@H](NC(=O)Nc2cnc(N3CC(C)(O)C3)nc2)C(F)(F)F)oc2ccc(F)cc12. The molecule has 170 valence electrons. The van der Waals surface area contributed by atoms with Crippen LogP contribution in [-0.2, 0) is 0 Å². The molecule has 0 radical (unpaired) electrons. The molecule has 0 spiro atoms. The lowest BCUT2D eigenvalue weighted by atomic mass is 9.98. The van der Waals surface area contributed by atoms with Crippen molar-refractivity contribution in [2.24, 2.45) is 0 Å². The highest BCUT2D eigenvalue weighted by Gasteiger charge is 2.45. The minimum Gasteiger partial charge on any atom is -0.458 e. The molecule has 8 nitrogen and oxygen atoms in total. The van der Waals surface area contributed by atoms with E-state index in [1.165, 1.54) is 25.4 Å². The Balaban J connectivity index is 1.49. The summed E-state index contributed by atoms with van der Waals surface area (Å²) in [6, 6.07) is -0.238. The third-order valence-electron chi connectivity index (χ3n) is 5.04. The van der Waals surface area contributed by atoms with Gasteiger partial charge < -0.3 is 25.1 Å². The zero-order valence-electron chi connectivity index (χ0n) is 17.0. The monoisotopic (exact) mass is 453 g/mol. The molecule has 0 saturated carbocycles. The number of carbonyl (C=O) groups is 1. The summed E-state index contributed by atoms with van der Waals surface area (Å²) in [5.74, 6) is -0.835. The summed E-state index contributed by atoms with van der Waals surface area (Å²) in [6.07, 6.45) is -2.39. The molecule has 1 aliphatic rings. The summed E-state index contributed by atoms with van der Waals surface area (Å²) in [4.78, 5) is 22.1. The predicted molar refractivity (Wildman–Crippen MR) is 107 cm³/mol. The van der Waals surface area contributed by atoms with E-state index in [0.717, 1.165) is 12.1 Å². The molecule has 1 atom stereocenters. The molecule has 0 bridgehead atoms. The normalized spacial score (nSPS) is 16.5. The molecule has 12 heteroatoms. The van der Waals surface area contributed by atoms with Gasteiger partial charge >= 0.3 is 12.2 Å². The molecule has 1 saturated heterocycles. The van der Waals surface area contributed by atoms with E-state index in [9.17, 15) is 27.5 Å². The Labute approximate surface area is 179 Å². The Morgan fingerprint density at radius 1 is 1.28 bits per heavy atom. The van der Waals surface area contributed by atoms with Crippen molar-refractivity contribution in [1.82, 2.24) is 15.3 Å². The average molecular weight is 453 g/mol. The standard InChI is InChI=1S/C20H19F4N5O3/c1-10-13-5-11(21)3-4-14(13)32-15(10)16(20(22,23)24)28-18(30)27-12-6-25-17(26-7-12)29-8-19(2,31)9-29/h3-7,16,31H,8-9H2,1-2H3,(H2,27,28,30)/t16-/m1/s1. The van der Waals surface area contributed by atoms with Crippen LogP contribution in [-0.4, -0.2) is 46.0 Å². The first-order valence-electron chi connectivity index (χ1n) is 9.55. The van der Waals surface area contributed by atoms with Gasteiger partial charge in [0.25, 0.3) is 0 Å². The van der Waals surface area contributed by atoms with Gasteiger partial charge in [0.1, 0.15) is 17.2 Å². The van der Waals surface area contributed by atoms with E-state index in [2.05, 4.69) is 15.3 Å². The van der Waals surface area contributed by atoms with Crippen molar-refractivity contribution < 1.29 is 31.9 Å². The van der Waals surface area contributed by atoms with Gasteiger partial charge in [0.2, 0.25) is 5.95 Å². The first kappa shape index (κ1) is 21.8. The number of aliphatic hydroxyl groups is 1.